The van der Waals surface area contributed by atoms with Crippen molar-refractivity contribution >= 4 is 33.3 Å². The zero-order valence-corrected chi connectivity index (χ0v) is 19.1. The molecule has 1 amide bonds. The zero-order chi connectivity index (χ0) is 22.2. The van der Waals surface area contributed by atoms with Crippen molar-refractivity contribution in [1.82, 2.24) is 0 Å². The number of carbonyl (C=O) groups excluding carboxylic acids is 2. The number of hydrogen-bond acceptors (Lipinski definition) is 3. The minimum Gasteiger partial charge on any atom is -0.375 e. The van der Waals surface area contributed by atoms with Crippen LogP contribution in [-0.2, 0) is 16.8 Å². The van der Waals surface area contributed by atoms with E-state index in [-0.39, 0.29) is 12.2 Å². The van der Waals surface area contributed by atoms with E-state index in [9.17, 15) is 14.7 Å². The molecule has 4 rings (SSSR count). The number of ketones is 1. The summed E-state index contributed by atoms with van der Waals surface area (Å²) in [6.45, 7) is 4.21. The van der Waals surface area contributed by atoms with Crippen molar-refractivity contribution in [3.63, 3.8) is 0 Å². The molecule has 3 aromatic rings. The maximum Gasteiger partial charge on any atom is 0.264 e. The number of carbonyl (C=O) groups is 2. The Hall–Kier alpha value is -2.76. The largest absolute Gasteiger partial charge is 0.375 e. The van der Waals surface area contributed by atoms with Gasteiger partial charge in [-0.3, -0.25) is 9.59 Å². The Morgan fingerprint density at radius 1 is 1.03 bits per heavy atom. The molecule has 0 bridgehead atoms. The lowest BCUT2D eigenvalue weighted by molar-refractivity contribution is -0.135. The van der Waals surface area contributed by atoms with Crippen LogP contribution in [0.2, 0.25) is 0 Å². The minimum atomic E-state index is -1.89. The van der Waals surface area contributed by atoms with Crippen LogP contribution in [0, 0.1) is 13.8 Å². The maximum absolute atomic E-state index is 13.4. The minimum absolute atomic E-state index is 0.243. The molecule has 0 radical (unpaired) electrons. The molecule has 0 aliphatic carbocycles. The summed E-state index contributed by atoms with van der Waals surface area (Å²) in [5.74, 6) is -0.692. The molecule has 1 atom stereocenters. The lowest BCUT2D eigenvalue weighted by Crippen LogP contribution is -2.42. The third-order valence-electron chi connectivity index (χ3n) is 5.87. The highest BCUT2D eigenvalue weighted by atomic mass is 79.9. The fourth-order valence-electron chi connectivity index (χ4n) is 4.17. The van der Waals surface area contributed by atoms with E-state index >= 15 is 0 Å². The number of halogens is 1. The number of Topliss-reactive ketones (excluding diaryl/α,β-unsaturated/α-hetero) is 1. The van der Waals surface area contributed by atoms with Crippen LogP contribution >= 0.6 is 15.9 Å². The van der Waals surface area contributed by atoms with Gasteiger partial charge in [0.15, 0.2) is 11.4 Å². The first kappa shape index (κ1) is 21.5. The summed E-state index contributed by atoms with van der Waals surface area (Å²) in [6.07, 6.45) is 0.366. The van der Waals surface area contributed by atoms with Crippen LogP contribution in [0.1, 0.15) is 39.0 Å². The fourth-order valence-corrected chi connectivity index (χ4v) is 4.53. The topological polar surface area (TPSA) is 57.6 Å². The molecule has 1 aliphatic heterocycles. The number of amides is 1. The molecule has 5 heteroatoms. The van der Waals surface area contributed by atoms with Crippen LogP contribution in [0.4, 0.5) is 5.69 Å². The summed E-state index contributed by atoms with van der Waals surface area (Å²) in [5, 5.41) is 11.6. The van der Waals surface area contributed by atoms with Crippen LogP contribution in [-0.4, -0.2) is 23.3 Å². The average Bonchev–Trinajstić information content (AvgIpc) is 2.95. The number of aliphatic hydroxyl groups is 1. The molecule has 0 aromatic heterocycles. The van der Waals surface area contributed by atoms with Gasteiger partial charge in [-0.15, -0.1) is 0 Å². The molecule has 0 saturated carbocycles. The second-order valence-electron chi connectivity index (χ2n) is 8.13. The van der Waals surface area contributed by atoms with E-state index in [1.54, 1.807) is 11.0 Å². The van der Waals surface area contributed by atoms with Gasteiger partial charge < -0.3 is 10.0 Å². The third kappa shape index (κ3) is 4.08. The predicted octanol–water partition coefficient (Wildman–Crippen LogP) is 5.12. The van der Waals surface area contributed by atoms with Gasteiger partial charge in [0.05, 0.1) is 12.1 Å². The van der Waals surface area contributed by atoms with Crippen molar-refractivity contribution in [2.75, 3.05) is 11.4 Å². The molecular weight excluding hydrogens is 454 g/mol. The Morgan fingerprint density at radius 3 is 2.52 bits per heavy atom. The Labute approximate surface area is 190 Å². The molecule has 31 heavy (non-hydrogen) atoms. The second kappa shape index (κ2) is 8.40. The molecule has 0 spiro atoms. The van der Waals surface area contributed by atoms with Crippen LogP contribution in [0.5, 0.6) is 0 Å². The molecule has 1 N–H and O–H groups in total. The Balaban J connectivity index is 1.67. The van der Waals surface area contributed by atoms with Gasteiger partial charge in [0.25, 0.3) is 5.91 Å². The van der Waals surface area contributed by atoms with E-state index in [2.05, 4.69) is 15.9 Å². The normalized spacial score (nSPS) is 17.7. The van der Waals surface area contributed by atoms with Gasteiger partial charge >= 0.3 is 0 Å². The van der Waals surface area contributed by atoms with Gasteiger partial charge in [-0.2, -0.15) is 0 Å². The third-order valence-corrected chi connectivity index (χ3v) is 6.36. The smallest absolute Gasteiger partial charge is 0.264 e. The number of nitrogens with zero attached hydrogens (tertiary/aromatic N) is 1. The monoisotopic (exact) mass is 477 g/mol. The number of aryl methyl sites for hydroxylation is 2. The van der Waals surface area contributed by atoms with Crippen molar-refractivity contribution in [2.24, 2.45) is 0 Å². The molecule has 1 heterocycles. The van der Waals surface area contributed by atoms with E-state index in [1.165, 1.54) is 0 Å². The van der Waals surface area contributed by atoms with Crippen LogP contribution in [0.3, 0.4) is 0 Å². The second-order valence-corrected chi connectivity index (χ2v) is 9.05. The Bertz CT molecular complexity index is 1160. The first-order chi connectivity index (χ1) is 14.8. The molecule has 1 aliphatic rings. The summed E-state index contributed by atoms with van der Waals surface area (Å²) in [5.41, 5.74) is 2.69. The van der Waals surface area contributed by atoms with E-state index in [1.807, 2.05) is 74.5 Å². The number of rotatable bonds is 6. The van der Waals surface area contributed by atoms with Crippen molar-refractivity contribution in [3.8, 4) is 0 Å². The number of anilines is 1. The molecule has 0 unspecified atom stereocenters. The van der Waals surface area contributed by atoms with Crippen molar-refractivity contribution < 1.29 is 14.7 Å². The average molecular weight is 478 g/mol. The van der Waals surface area contributed by atoms with Gasteiger partial charge in [0.1, 0.15) is 0 Å². The summed E-state index contributed by atoms with van der Waals surface area (Å²) < 4.78 is 0.751. The molecule has 0 saturated heterocycles. The van der Waals surface area contributed by atoms with E-state index in [0.29, 0.717) is 29.8 Å². The van der Waals surface area contributed by atoms with E-state index in [4.69, 9.17) is 0 Å². The van der Waals surface area contributed by atoms with Gasteiger partial charge in [-0.1, -0.05) is 64.0 Å². The fraction of sp³-hybridized carbons (Fsp3) is 0.231. The predicted molar refractivity (Wildman–Crippen MR) is 125 cm³/mol. The summed E-state index contributed by atoms with van der Waals surface area (Å²) in [4.78, 5) is 28.2. The van der Waals surface area contributed by atoms with Gasteiger partial charge in [-0.05, 0) is 55.7 Å². The quantitative estimate of drug-likeness (QED) is 0.501. The maximum atomic E-state index is 13.4. The highest BCUT2D eigenvalue weighted by Gasteiger charge is 2.51. The number of fused-ring (bicyclic) bond motifs is 1. The lowest BCUT2D eigenvalue weighted by Gasteiger charge is -2.23. The molecule has 0 fully saturated rings. The highest BCUT2D eigenvalue weighted by Crippen LogP contribution is 2.44. The number of benzene rings is 3. The van der Waals surface area contributed by atoms with E-state index in [0.717, 1.165) is 21.2 Å². The Kier molecular flexibility index (Phi) is 5.82. The van der Waals surface area contributed by atoms with Crippen molar-refractivity contribution in [3.05, 3.63) is 99.0 Å². The van der Waals surface area contributed by atoms with Crippen LogP contribution < -0.4 is 4.90 Å². The molecule has 4 nitrogen and oxygen atoms in total. The zero-order valence-electron chi connectivity index (χ0n) is 17.6. The van der Waals surface area contributed by atoms with Gasteiger partial charge in [0, 0.05) is 22.1 Å². The molecule has 158 valence electrons. The standard InChI is InChI=1S/C26H24BrNO3/c1-17-8-9-18(2)21(14-17)24(29)16-26(31)22-15-20(27)10-11-23(22)28(25(26)30)13-12-19-6-4-3-5-7-19/h3-11,14-15,31H,12-13,16H2,1-2H3/t26-/m0/s1. The Morgan fingerprint density at radius 2 is 1.77 bits per heavy atom. The van der Waals surface area contributed by atoms with Crippen LogP contribution in [0.25, 0.3) is 0 Å². The summed E-state index contributed by atoms with van der Waals surface area (Å²) >= 11 is 3.44. The van der Waals surface area contributed by atoms with Gasteiger partial charge in [0.2, 0.25) is 0 Å². The first-order valence-electron chi connectivity index (χ1n) is 10.3. The van der Waals surface area contributed by atoms with Crippen LogP contribution in [0.15, 0.2) is 71.2 Å². The van der Waals surface area contributed by atoms with Gasteiger partial charge in [-0.25, -0.2) is 0 Å². The van der Waals surface area contributed by atoms with E-state index < -0.39 is 11.5 Å². The summed E-state index contributed by atoms with van der Waals surface area (Å²) in [6, 6.07) is 21.0. The van der Waals surface area contributed by atoms with Crippen molar-refractivity contribution in [1.29, 1.82) is 0 Å². The highest BCUT2D eigenvalue weighted by molar-refractivity contribution is 9.10. The SMILES string of the molecule is Cc1ccc(C)c(C(=O)C[C@@]2(O)C(=O)N(CCc3ccccc3)c3ccc(Br)cc32)c1. The summed E-state index contributed by atoms with van der Waals surface area (Å²) in [7, 11) is 0. The lowest BCUT2D eigenvalue weighted by atomic mass is 9.87. The van der Waals surface area contributed by atoms with Crippen molar-refractivity contribution in [2.45, 2.75) is 32.3 Å². The number of hydrogen-bond donors (Lipinski definition) is 1. The molecular formula is C26H24BrNO3. The first-order valence-corrected chi connectivity index (χ1v) is 11.1. The molecule has 3 aromatic carbocycles.